The number of fused-ring (bicyclic) bond motifs is 5. The molecule has 2 heteroatoms. The zero-order valence-corrected chi connectivity index (χ0v) is 15.0. The van der Waals surface area contributed by atoms with Gasteiger partial charge in [0.25, 0.3) is 0 Å². The Morgan fingerprint density at radius 2 is 1.87 bits per heavy atom. The topological polar surface area (TPSA) is 37.3 Å². The summed E-state index contributed by atoms with van der Waals surface area (Å²) in [6.07, 6.45) is 11.4. The number of aliphatic hydroxyl groups is 1. The Morgan fingerprint density at radius 1 is 1.09 bits per heavy atom. The molecule has 0 aromatic heterocycles. The third-order valence-electron chi connectivity index (χ3n) is 8.58. The van der Waals surface area contributed by atoms with Gasteiger partial charge in [0.2, 0.25) is 0 Å². The van der Waals surface area contributed by atoms with E-state index in [0.29, 0.717) is 17.1 Å². The normalized spacial score (nSPS) is 52.2. The summed E-state index contributed by atoms with van der Waals surface area (Å²) in [6.45, 7) is 6.71. The Hall–Kier alpha value is -0.630. The van der Waals surface area contributed by atoms with E-state index in [2.05, 4.69) is 19.9 Å². The van der Waals surface area contributed by atoms with Gasteiger partial charge in [0.05, 0.1) is 6.10 Å². The highest BCUT2D eigenvalue weighted by atomic mass is 16.3. The highest BCUT2D eigenvalue weighted by molar-refractivity contribution is 5.79. The maximum atomic E-state index is 12.2. The third-order valence-corrected chi connectivity index (χ3v) is 8.58. The molecule has 0 aliphatic heterocycles. The van der Waals surface area contributed by atoms with E-state index >= 15 is 0 Å². The van der Waals surface area contributed by atoms with Crippen molar-refractivity contribution in [2.24, 2.45) is 34.5 Å². The van der Waals surface area contributed by atoms with Gasteiger partial charge in [-0.1, -0.05) is 25.5 Å². The van der Waals surface area contributed by atoms with Crippen LogP contribution in [0.1, 0.15) is 72.1 Å². The third kappa shape index (κ3) is 2.13. The van der Waals surface area contributed by atoms with Gasteiger partial charge in [0.1, 0.15) is 5.78 Å². The van der Waals surface area contributed by atoms with Gasteiger partial charge in [-0.25, -0.2) is 0 Å². The zero-order chi connectivity index (χ0) is 16.4. The molecule has 4 aliphatic rings. The first-order valence-electron chi connectivity index (χ1n) is 9.76. The second-order valence-corrected chi connectivity index (χ2v) is 9.42. The molecule has 0 spiro atoms. The van der Waals surface area contributed by atoms with Crippen LogP contribution in [0.5, 0.6) is 0 Å². The van der Waals surface area contributed by atoms with Crippen molar-refractivity contribution in [3.8, 4) is 0 Å². The van der Waals surface area contributed by atoms with Gasteiger partial charge in [-0.05, 0) is 86.9 Å². The molecule has 4 aliphatic carbocycles. The molecule has 0 aromatic carbocycles. The van der Waals surface area contributed by atoms with Crippen LogP contribution in [0.2, 0.25) is 0 Å². The smallest absolute Gasteiger partial charge is 0.133 e. The molecule has 128 valence electrons. The molecule has 0 aromatic rings. The Balaban J connectivity index is 1.66. The second-order valence-electron chi connectivity index (χ2n) is 9.42. The zero-order valence-electron chi connectivity index (χ0n) is 15.0. The lowest BCUT2D eigenvalue weighted by atomic mass is 9.46. The monoisotopic (exact) mass is 316 g/mol. The first kappa shape index (κ1) is 15.9. The highest BCUT2D eigenvalue weighted by Crippen LogP contribution is 2.66. The van der Waals surface area contributed by atoms with E-state index in [-0.39, 0.29) is 11.5 Å². The molecule has 0 saturated heterocycles. The van der Waals surface area contributed by atoms with E-state index < -0.39 is 0 Å². The van der Waals surface area contributed by atoms with Crippen LogP contribution in [0.15, 0.2) is 11.6 Å². The lowest BCUT2D eigenvalue weighted by molar-refractivity contribution is -0.127. The van der Waals surface area contributed by atoms with Gasteiger partial charge in [0, 0.05) is 5.92 Å². The van der Waals surface area contributed by atoms with Crippen LogP contribution in [0.4, 0.5) is 0 Å². The van der Waals surface area contributed by atoms with Crippen molar-refractivity contribution in [3.63, 3.8) is 0 Å². The number of rotatable bonds is 1. The summed E-state index contributed by atoms with van der Waals surface area (Å²) in [5, 5.41) is 10.0. The number of carbonyl (C=O) groups is 1. The number of allylic oxidation sites excluding steroid dienone is 1. The highest BCUT2D eigenvalue weighted by Gasteiger charge is 2.59. The Kier molecular flexibility index (Phi) is 3.58. The molecule has 3 fully saturated rings. The largest absolute Gasteiger partial charge is 0.389 e. The minimum absolute atomic E-state index is 0.211. The summed E-state index contributed by atoms with van der Waals surface area (Å²) in [6, 6.07) is 0. The number of hydrogen-bond donors (Lipinski definition) is 1. The Bertz CT molecular complexity index is 550. The minimum atomic E-state index is -0.211. The van der Waals surface area contributed by atoms with Gasteiger partial charge < -0.3 is 5.11 Å². The summed E-state index contributed by atoms with van der Waals surface area (Å²) in [5.41, 5.74) is 2.12. The maximum absolute atomic E-state index is 12.2. The molecule has 0 radical (unpaired) electrons. The summed E-state index contributed by atoms with van der Waals surface area (Å²) >= 11 is 0. The van der Waals surface area contributed by atoms with Crippen LogP contribution in [0.3, 0.4) is 0 Å². The number of carbonyl (C=O) groups excluding carboxylic acids is 1. The fourth-order valence-corrected chi connectivity index (χ4v) is 7.38. The second kappa shape index (κ2) is 5.18. The van der Waals surface area contributed by atoms with E-state index in [1.54, 1.807) is 5.57 Å². The molecule has 2 nitrogen and oxygen atoms in total. The molecule has 0 amide bonds. The molecular formula is C21H32O2. The minimum Gasteiger partial charge on any atom is -0.389 e. The fraction of sp³-hybridized carbons (Fsp3) is 0.857. The van der Waals surface area contributed by atoms with Gasteiger partial charge in [-0.2, -0.15) is 0 Å². The first-order chi connectivity index (χ1) is 10.9. The predicted molar refractivity (Wildman–Crippen MR) is 91.9 cm³/mol. The van der Waals surface area contributed by atoms with E-state index in [0.717, 1.165) is 37.0 Å². The van der Waals surface area contributed by atoms with Crippen LogP contribution in [0.25, 0.3) is 0 Å². The van der Waals surface area contributed by atoms with Gasteiger partial charge >= 0.3 is 0 Å². The predicted octanol–water partition coefficient (Wildman–Crippen LogP) is 4.52. The SMILES string of the molecule is CC(=O)[C@H]1CCC2C3CCC4=CC(O)CCC4(C)C3CCC21C. The fourth-order valence-electron chi connectivity index (χ4n) is 7.38. The first-order valence-corrected chi connectivity index (χ1v) is 9.76. The standard InChI is InChI=1S/C21H32O2/c1-13(22)17-6-7-18-16-5-4-14-12-15(23)8-10-20(14,2)19(16)9-11-21(17,18)3/h12,15-19,23H,4-11H2,1-3H3/t15?,16?,17-,18?,19?,20?,21?/m1/s1. The van der Waals surface area contributed by atoms with Crippen LogP contribution in [-0.2, 0) is 4.79 Å². The Labute approximate surface area is 140 Å². The van der Waals surface area contributed by atoms with Crippen molar-refractivity contribution in [1.29, 1.82) is 0 Å². The van der Waals surface area contributed by atoms with E-state index in [1.807, 2.05) is 6.92 Å². The van der Waals surface area contributed by atoms with Crippen LogP contribution in [-0.4, -0.2) is 17.0 Å². The molecule has 0 bridgehead atoms. The van der Waals surface area contributed by atoms with Crippen molar-refractivity contribution < 1.29 is 9.90 Å². The number of aliphatic hydroxyl groups excluding tert-OH is 1. The molecule has 4 rings (SSSR count). The van der Waals surface area contributed by atoms with Crippen LogP contribution in [0, 0.1) is 34.5 Å². The summed E-state index contributed by atoms with van der Waals surface area (Å²) in [4.78, 5) is 12.2. The van der Waals surface area contributed by atoms with Crippen LogP contribution < -0.4 is 0 Å². The molecule has 1 N–H and O–H groups in total. The van der Waals surface area contributed by atoms with Gasteiger partial charge in [-0.15, -0.1) is 0 Å². The molecule has 6 unspecified atom stereocenters. The average Bonchev–Trinajstić information content (AvgIpc) is 2.85. The molecular weight excluding hydrogens is 284 g/mol. The van der Waals surface area contributed by atoms with Crippen molar-refractivity contribution in [2.45, 2.75) is 78.2 Å². The lowest BCUT2D eigenvalue weighted by Gasteiger charge is -2.58. The van der Waals surface area contributed by atoms with Crippen molar-refractivity contribution in [1.82, 2.24) is 0 Å². The van der Waals surface area contributed by atoms with Crippen LogP contribution >= 0.6 is 0 Å². The van der Waals surface area contributed by atoms with Crippen molar-refractivity contribution in [3.05, 3.63) is 11.6 Å². The summed E-state index contributed by atoms with van der Waals surface area (Å²) in [5.74, 6) is 3.07. The van der Waals surface area contributed by atoms with E-state index in [4.69, 9.17) is 0 Å². The van der Waals surface area contributed by atoms with E-state index in [9.17, 15) is 9.90 Å². The molecule has 23 heavy (non-hydrogen) atoms. The number of Topliss-reactive ketones (excluding diaryl/α,β-unsaturated/α-hetero) is 1. The van der Waals surface area contributed by atoms with Gasteiger partial charge in [0.15, 0.2) is 0 Å². The van der Waals surface area contributed by atoms with E-state index in [1.165, 1.54) is 32.1 Å². The maximum Gasteiger partial charge on any atom is 0.133 e. The lowest BCUT2D eigenvalue weighted by Crippen LogP contribution is -2.51. The molecule has 3 saturated carbocycles. The summed E-state index contributed by atoms with van der Waals surface area (Å²) in [7, 11) is 0. The van der Waals surface area contributed by atoms with Crippen molar-refractivity contribution >= 4 is 5.78 Å². The van der Waals surface area contributed by atoms with Gasteiger partial charge in [-0.3, -0.25) is 4.79 Å². The number of ketones is 1. The number of hydrogen-bond acceptors (Lipinski definition) is 2. The summed E-state index contributed by atoms with van der Waals surface area (Å²) < 4.78 is 0. The average molecular weight is 316 g/mol. The Morgan fingerprint density at radius 3 is 2.61 bits per heavy atom. The quantitative estimate of drug-likeness (QED) is 0.722. The molecule has 0 heterocycles. The molecule has 7 atom stereocenters. The van der Waals surface area contributed by atoms with Crippen molar-refractivity contribution in [2.75, 3.05) is 0 Å².